The molecular formula is C12H19N3. The Balaban J connectivity index is 1.90. The molecule has 3 N–H and O–H groups in total. The third kappa shape index (κ3) is 1.59. The topological polar surface area (TPSA) is 54.7 Å². The first-order valence-electron chi connectivity index (χ1n) is 6.16. The number of hydrogen-bond donors (Lipinski definition) is 2. The van der Waals surface area contributed by atoms with Crippen molar-refractivity contribution in [2.75, 3.05) is 0 Å². The highest BCUT2D eigenvalue weighted by Gasteiger charge is 2.27. The van der Waals surface area contributed by atoms with Crippen molar-refractivity contribution < 1.29 is 0 Å². The molecule has 0 aliphatic heterocycles. The van der Waals surface area contributed by atoms with Crippen LogP contribution >= 0.6 is 0 Å². The number of rotatable bonds is 1. The Hall–Kier alpha value is -0.830. The molecular weight excluding hydrogens is 186 g/mol. The Kier molecular flexibility index (Phi) is 2.28. The molecule has 1 unspecified atom stereocenters. The van der Waals surface area contributed by atoms with Gasteiger partial charge in [-0.25, -0.2) is 0 Å². The van der Waals surface area contributed by atoms with Crippen molar-refractivity contribution in [1.29, 1.82) is 0 Å². The summed E-state index contributed by atoms with van der Waals surface area (Å²) in [6.07, 6.45) is 8.70. The molecule has 2 aliphatic carbocycles. The van der Waals surface area contributed by atoms with Crippen LogP contribution in [-0.2, 0) is 12.8 Å². The van der Waals surface area contributed by atoms with E-state index in [1.54, 1.807) is 0 Å². The minimum absolute atomic E-state index is 0.342. The molecule has 3 heteroatoms. The van der Waals surface area contributed by atoms with Gasteiger partial charge in [0.25, 0.3) is 0 Å². The lowest BCUT2D eigenvalue weighted by Crippen LogP contribution is -2.28. The summed E-state index contributed by atoms with van der Waals surface area (Å²) in [5, 5.41) is 7.74. The molecule has 0 aromatic carbocycles. The molecule has 1 aromatic heterocycles. The summed E-state index contributed by atoms with van der Waals surface area (Å²) in [6.45, 7) is 0. The maximum atomic E-state index is 5.96. The number of nitrogens with zero attached hydrogens (tertiary/aromatic N) is 1. The second kappa shape index (κ2) is 3.63. The highest BCUT2D eigenvalue weighted by atomic mass is 15.1. The molecule has 0 spiro atoms. The molecule has 3 nitrogen and oxygen atoms in total. The lowest BCUT2D eigenvalue weighted by molar-refractivity contribution is 0.565. The predicted octanol–water partition coefficient (Wildman–Crippen LogP) is 1.88. The van der Waals surface area contributed by atoms with Gasteiger partial charge in [0, 0.05) is 24.1 Å². The van der Waals surface area contributed by atoms with E-state index in [4.69, 9.17) is 5.73 Å². The first-order valence-corrected chi connectivity index (χ1v) is 6.16. The van der Waals surface area contributed by atoms with Gasteiger partial charge in [-0.3, -0.25) is 5.10 Å². The van der Waals surface area contributed by atoms with Crippen molar-refractivity contribution in [1.82, 2.24) is 10.2 Å². The van der Waals surface area contributed by atoms with E-state index in [2.05, 4.69) is 10.2 Å². The average Bonchev–Trinajstić information content (AvgIpc) is 2.82. The first-order chi connectivity index (χ1) is 7.34. The van der Waals surface area contributed by atoms with Crippen molar-refractivity contribution in [3.05, 3.63) is 17.0 Å². The maximum absolute atomic E-state index is 5.96. The van der Waals surface area contributed by atoms with E-state index in [-0.39, 0.29) is 0 Å². The van der Waals surface area contributed by atoms with Crippen LogP contribution in [0.2, 0.25) is 0 Å². The molecule has 3 rings (SSSR count). The number of hydrogen-bond acceptors (Lipinski definition) is 2. The van der Waals surface area contributed by atoms with Gasteiger partial charge < -0.3 is 5.73 Å². The van der Waals surface area contributed by atoms with Crippen molar-refractivity contribution in [3.63, 3.8) is 0 Å². The van der Waals surface area contributed by atoms with Crippen LogP contribution in [0.1, 0.15) is 55.0 Å². The minimum atomic E-state index is 0.342. The third-order valence-electron chi connectivity index (χ3n) is 3.96. The summed E-state index contributed by atoms with van der Waals surface area (Å²) < 4.78 is 0. The van der Waals surface area contributed by atoms with Crippen LogP contribution in [0.25, 0.3) is 0 Å². The van der Waals surface area contributed by atoms with Gasteiger partial charge in [0.1, 0.15) is 0 Å². The Morgan fingerprint density at radius 3 is 2.80 bits per heavy atom. The van der Waals surface area contributed by atoms with Crippen LogP contribution in [0, 0.1) is 0 Å². The molecule has 2 aliphatic rings. The molecule has 0 amide bonds. The molecule has 0 saturated heterocycles. The largest absolute Gasteiger partial charge is 0.327 e. The molecule has 1 heterocycles. The fraction of sp³-hybridized carbons (Fsp3) is 0.750. The minimum Gasteiger partial charge on any atom is -0.327 e. The molecule has 1 saturated carbocycles. The molecule has 0 bridgehead atoms. The second-order valence-electron chi connectivity index (χ2n) is 5.05. The second-order valence-corrected chi connectivity index (χ2v) is 5.05. The smallest absolute Gasteiger partial charge is 0.0687 e. The monoisotopic (exact) mass is 205 g/mol. The zero-order valence-electron chi connectivity index (χ0n) is 9.13. The van der Waals surface area contributed by atoms with Gasteiger partial charge in [0.15, 0.2) is 0 Å². The van der Waals surface area contributed by atoms with Crippen LogP contribution in [-0.4, -0.2) is 16.2 Å². The zero-order valence-corrected chi connectivity index (χ0v) is 9.13. The number of nitrogens with one attached hydrogen (secondary N) is 1. The number of fused-ring (bicyclic) bond motifs is 1. The lowest BCUT2D eigenvalue weighted by Gasteiger charge is -2.19. The van der Waals surface area contributed by atoms with Crippen molar-refractivity contribution >= 4 is 0 Å². The highest BCUT2D eigenvalue weighted by molar-refractivity contribution is 5.31. The van der Waals surface area contributed by atoms with E-state index in [1.165, 1.54) is 42.6 Å². The van der Waals surface area contributed by atoms with Crippen LogP contribution < -0.4 is 5.73 Å². The third-order valence-corrected chi connectivity index (χ3v) is 3.96. The molecule has 1 atom stereocenters. The van der Waals surface area contributed by atoms with E-state index in [1.807, 2.05) is 0 Å². The average molecular weight is 205 g/mol. The lowest BCUT2D eigenvalue weighted by atomic mass is 9.88. The molecule has 82 valence electrons. The molecule has 15 heavy (non-hydrogen) atoms. The van der Waals surface area contributed by atoms with Crippen LogP contribution in [0.5, 0.6) is 0 Å². The fourth-order valence-electron chi connectivity index (χ4n) is 3.10. The maximum Gasteiger partial charge on any atom is 0.0687 e. The number of H-pyrrole nitrogens is 1. The van der Waals surface area contributed by atoms with E-state index in [0.717, 1.165) is 25.2 Å². The van der Waals surface area contributed by atoms with Gasteiger partial charge in [-0.15, -0.1) is 0 Å². The Bertz CT molecular complexity index is 350. The highest BCUT2D eigenvalue weighted by Crippen LogP contribution is 2.37. The van der Waals surface area contributed by atoms with E-state index in [9.17, 15) is 0 Å². The summed E-state index contributed by atoms with van der Waals surface area (Å²) in [5.74, 6) is 0.735. The van der Waals surface area contributed by atoms with Gasteiger partial charge in [0.05, 0.1) is 5.69 Å². The standard InChI is InChI=1S/C12H19N3/c13-9-5-6-10-11(7-9)14-15-12(10)8-3-1-2-4-8/h8-9H,1-7,13H2,(H,14,15). The van der Waals surface area contributed by atoms with Crippen LogP contribution in [0.15, 0.2) is 0 Å². The predicted molar refractivity (Wildman–Crippen MR) is 59.8 cm³/mol. The van der Waals surface area contributed by atoms with Crippen molar-refractivity contribution in [2.45, 2.75) is 56.9 Å². The summed E-state index contributed by atoms with van der Waals surface area (Å²) in [7, 11) is 0. The Morgan fingerprint density at radius 1 is 1.20 bits per heavy atom. The molecule has 0 radical (unpaired) electrons. The number of nitrogens with two attached hydrogens (primary N) is 1. The summed E-state index contributed by atoms with van der Waals surface area (Å²) in [4.78, 5) is 0. The van der Waals surface area contributed by atoms with E-state index in [0.29, 0.717) is 6.04 Å². The van der Waals surface area contributed by atoms with Gasteiger partial charge >= 0.3 is 0 Å². The van der Waals surface area contributed by atoms with Crippen molar-refractivity contribution in [3.8, 4) is 0 Å². The summed E-state index contributed by atoms with van der Waals surface area (Å²) in [5.41, 5.74) is 10.2. The summed E-state index contributed by atoms with van der Waals surface area (Å²) in [6, 6.07) is 0.342. The van der Waals surface area contributed by atoms with E-state index < -0.39 is 0 Å². The summed E-state index contributed by atoms with van der Waals surface area (Å²) >= 11 is 0. The number of aromatic amines is 1. The van der Waals surface area contributed by atoms with Gasteiger partial charge in [0.2, 0.25) is 0 Å². The van der Waals surface area contributed by atoms with E-state index >= 15 is 0 Å². The van der Waals surface area contributed by atoms with Gasteiger partial charge in [-0.1, -0.05) is 12.8 Å². The Labute approximate surface area is 90.4 Å². The van der Waals surface area contributed by atoms with Gasteiger partial charge in [-0.2, -0.15) is 5.10 Å². The zero-order chi connectivity index (χ0) is 10.3. The fourth-order valence-corrected chi connectivity index (χ4v) is 3.10. The van der Waals surface area contributed by atoms with Gasteiger partial charge in [-0.05, 0) is 31.2 Å². The SMILES string of the molecule is NC1CCc2c(C3CCCC3)n[nH]c2C1. The van der Waals surface area contributed by atoms with Crippen LogP contribution in [0.4, 0.5) is 0 Å². The quantitative estimate of drug-likeness (QED) is 0.735. The van der Waals surface area contributed by atoms with Crippen molar-refractivity contribution in [2.24, 2.45) is 5.73 Å². The first kappa shape index (κ1) is 9.40. The number of aromatic nitrogens is 2. The Morgan fingerprint density at radius 2 is 2.00 bits per heavy atom. The normalized spacial score (nSPS) is 26.9. The molecule has 1 fully saturated rings. The molecule has 1 aromatic rings. The van der Waals surface area contributed by atoms with Crippen LogP contribution in [0.3, 0.4) is 0 Å².